The summed E-state index contributed by atoms with van der Waals surface area (Å²) in [5, 5.41) is 8.23. The third kappa shape index (κ3) is 5.11. The van der Waals surface area contributed by atoms with Crippen LogP contribution in [0.5, 0.6) is 0 Å². The van der Waals surface area contributed by atoms with E-state index in [0.29, 0.717) is 6.07 Å². The molecule has 0 saturated heterocycles. The molecule has 0 unspecified atom stereocenters. The number of rotatable bonds is 6. The van der Waals surface area contributed by atoms with E-state index in [9.17, 15) is 18.4 Å². The van der Waals surface area contributed by atoms with Gasteiger partial charge in [-0.05, 0) is 12.1 Å². The van der Waals surface area contributed by atoms with Crippen LogP contribution in [-0.4, -0.2) is 29.3 Å². The summed E-state index contributed by atoms with van der Waals surface area (Å²) in [5.74, 6) is -3.50. The molecule has 0 spiro atoms. The quantitative estimate of drug-likeness (QED) is 0.603. The van der Waals surface area contributed by atoms with Gasteiger partial charge >= 0.3 is 5.97 Å². The number of nitrogens with one attached hydrogen (secondary N) is 1. The van der Waals surface area contributed by atoms with E-state index in [2.05, 4.69) is 4.84 Å². The number of hydrogen-bond donors (Lipinski definition) is 2. The zero-order valence-corrected chi connectivity index (χ0v) is 9.80. The van der Waals surface area contributed by atoms with Crippen LogP contribution in [0.15, 0.2) is 23.1 Å². The second kappa shape index (κ2) is 6.92. The van der Waals surface area contributed by atoms with Crippen LogP contribution < -0.4 is 5.48 Å². The number of carboxylic acids is 1. The van der Waals surface area contributed by atoms with Gasteiger partial charge in [0.25, 0.3) is 5.91 Å². The highest BCUT2D eigenvalue weighted by Crippen LogP contribution is 2.21. The Morgan fingerprint density at radius 2 is 2.11 bits per heavy atom. The zero-order valence-electron chi connectivity index (χ0n) is 8.98. The van der Waals surface area contributed by atoms with Crippen LogP contribution in [0.2, 0.25) is 0 Å². The lowest BCUT2D eigenvalue weighted by atomic mass is 10.3. The summed E-state index contributed by atoms with van der Waals surface area (Å²) in [7, 11) is 0. The molecule has 0 atom stereocenters. The van der Waals surface area contributed by atoms with E-state index in [4.69, 9.17) is 5.11 Å². The molecule has 0 radical (unpaired) electrons. The maximum absolute atomic E-state index is 13.2. The highest BCUT2D eigenvalue weighted by Gasteiger charge is 2.08. The van der Waals surface area contributed by atoms with Crippen molar-refractivity contribution in [1.29, 1.82) is 0 Å². The summed E-state index contributed by atoms with van der Waals surface area (Å²) in [5.41, 5.74) is 1.88. The van der Waals surface area contributed by atoms with Gasteiger partial charge in [-0.25, -0.2) is 19.1 Å². The van der Waals surface area contributed by atoms with E-state index in [1.807, 2.05) is 5.48 Å². The number of carbonyl (C=O) groups is 2. The third-order valence-electron chi connectivity index (χ3n) is 1.63. The predicted octanol–water partition coefficient (Wildman–Crippen LogP) is 1.19. The van der Waals surface area contributed by atoms with Gasteiger partial charge in [0.2, 0.25) is 0 Å². The van der Waals surface area contributed by atoms with E-state index in [1.165, 1.54) is 6.07 Å². The van der Waals surface area contributed by atoms with Gasteiger partial charge in [0.05, 0.1) is 5.75 Å². The van der Waals surface area contributed by atoms with Crippen molar-refractivity contribution >= 4 is 23.6 Å². The van der Waals surface area contributed by atoms with Crippen molar-refractivity contribution in [3.8, 4) is 0 Å². The number of hydrogen-bond acceptors (Lipinski definition) is 4. The van der Waals surface area contributed by atoms with Gasteiger partial charge in [-0.1, -0.05) is 0 Å². The van der Waals surface area contributed by atoms with E-state index in [1.54, 1.807) is 0 Å². The summed E-state index contributed by atoms with van der Waals surface area (Å²) in [6.45, 7) is -0.665. The van der Waals surface area contributed by atoms with Crippen LogP contribution in [0.4, 0.5) is 8.78 Å². The lowest BCUT2D eigenvalue weighted by Gasteiger charge is -2.04. The number of thioether (sulfide) groups is 1. The van der Waals surface area contributed by atoms with Crippen LogP contribution >= 0.6 is 11.8 Å². The minimum absolute atomic E-state index is 0.116. The SMILES string of the molecule is O=C(O)CONC(=O)CSc1ccc(F)cc1F. The van der Waals surface area contributed by atoms with E-state index in [0.717, 1.165) is 17.8 Å². The summed E-state index contributed by atoms with van der Waals surface area (Å²) in [6, 6.07) is 2.99. The van der Waals surface area contributed by atoms with Crippen LogP contribution in [0, 0.1) is 11.6 Å². The monoisotopic (exact) mass is 277 g/mol. The van der Waals surface area contributed by atoms with Gasteiger partial charge < -0.3 is 5.11 Å². The van der Waals surface area contributed by atoms with Crippen LogP contribution in [0.1, 0.15) is 0 Å². The van der Waals surface area contributed by atoms with Crippen molar-refractivity contribution in [2.45, 2.75) is 4.90 Å². The van der Waals surface area contributed by atoms with Crippen molar-refractivity contribution in [1.82, 2.24) is 5.48 Å². The number of benzene rings is 1. The first-order valence-electron chi connectivity index (χ1n) is 4.69. The maximum Gasteiger partial charge on any atom is 0.332 e. The number of carboxylic acid groups (broad SMARTS) is 1. The van der Waals surface area contributed by atoms with Gasteiger partial charge in [0, 0.05) is 11.0 Å². The van der Waals surface area contributed by atoms with Gasteiger partial charge in [-0.3, -0.25) is 9.63 Å². The topological polar surface area (TPSA) is 75.6 Å². The molecule has 1 aromatic carbocycles. The summed E-state index contributed by atoms with van der Waals surface area (Å²) in [4.78, 5) is 25.6. The second-order valence-corrected chi connectivity index (χ2v) is 4.09. The summed E-state index contributed by atoms with van der Waals surface area (Å²) >= 11 is 0.842. The molecule has 0 aromatic heterocycles. The van der Waals surface area contributed by atoms with E-state index < -0.39 is 30.1 Å². The maximum atomic E-state index is 13.2. The largest absolute Gasteiger partial charge is 0.479 e. The molecule has 0 saturated carbocycles. The molecule has 98 valence electrons. The van der Waals surface area contributed by atoms with Crippen molar-refractivity contribution in [2.24, 2.45) is 0 Å². The smallest absolute Gasteiger partial charge is 0.332 e. The van der Waals surface area contributed by atoms with Crippen molar-refractivity contribution in [3.63, 3.8) is 0 Å². The van der Waals surface area contributed by atoms with E-state index >= 15 is 0 Å². The number of carbonyl (C=O) groups excluding carboxylic acids is 1. The molecule has 0 aliphatic carbocycles. The van der Waals surface area contributed by atoms with Gasteiger partial charge in [-0.15, -0.1) is 11.8 Å². The van der Waals surface area contributed by atoms with Crippen molar-refractivity contribution < 1.29 is 28.3 Å². The number of hydroxylamine groups is 1. The fourth-order valence-electron chi connectivity index (χ4n) is 0.943. The fourth-order valence-corrected chi connectivity index (χ4v) is 1.65. The molecule has 0 bridgehead atoms. The molecule has 5 nitrogen and oxygen atoms in total. The first kappa shape index (κ1) is 14.4. The Kier molecular flexibility index (Phi) is 5.53. The Labute approximate surface area is 105 Å². The lowest BCUT2D eigenvalue weighted by molar-refractivity contribution is -0.148. The highest BCUT2D eigenvalue weighted by molar-refractivity contribution is 8.00. The zero-order chi connectivity index (χ0) is 13.5. The average Bonchev–Trinajstić information content (AvgIpc) is 2.27. The Bertz CT molecular complexity index is 456. The average molecular weight is 277 g/mol. The summed E-state index contributed by atoms with van der Waals surface area (Å²) in [6.07, 6.45) is 0. The minimum Gasteiger partial charge on any atom is -0.479 e. The normalized spacial score (nSPS) is 10.1. The molecule has 1 amide bonds. The molecule has 2 N–H and O–H groups in total. The molecule has 0 fully saturated rings. The standard InChI is InChI=1S/C10H9F2NO4S/c11-6-1-2-8(7(12)3-6)18-5-9(14)13-17-4-10(15)16/h1-3H,4-5H2,(H,13,14)(H,15,16). The third-order valence-corrected chi connectivity index (χ3v) is 2.68. The second-order valence-electron chi connectivity index (χ2n) is 3.07. The molecule has 0 aliphatic rings. The number of amides is 1. The van der Waals surface area contributed by atoms with Crippen LogP contribution in [0.25, 0.3) is 0 Å². The number of aliphatic carboxylic acids is 1. The minimum atomic E-state index is -1.23. The van der Waals surface area contributed by atoms with Gasteiger partial charge in [0.15, 0.2) is 6.61 Å². The molecule has 18 heavy (non-hydrogen) atoms. The van der Waals surface area contributed by atoms with Gasteiger partial charge in [0.1, 0.15) is 11.6 Å². The summed E-state index contributed by atoms with van der Waals surface area (Å²) < 4.78 is 25.7. The molecule has 0 aliphatic heterocycles. The molecular formula is C10H9F2NO4S. The Morgan fingerprint density at radius 1 is 1.39 bits per heavy atom. The van der Waals surface area contributed by atoms with Crippen molar-refractivity contribution in [2.75, 3.05) is 12.4 Å². The Balaban J connectivity index is 2.36. The van der Waals surface area contributed by atoms with Crippen LogP contribution in [-0.2, 0) is 14.4 Å². The van der Waals surface area contributed by atoms with Gasteiger partial charge in [-0.2, -0.15) is 0 Å². The molecule has 8 heteroatoms. The predicted molar refractivity (Wildman–Crippen MR) is 58.8 cm³/mol. The molecule has 1 aromatic rings. The Hall–Kier alpha value is -1.67. The molecular weight excluding hydrogens is 268 g/mol. The highest BCUT2D eigenvalue weighted by atomic mass is 32.2. The van der Waals surface area contributed by atoms with Crippen LogP contribution in [0.3, 0.4) is 0 Å². The first-order valence-corrected chi connectivity index (χ1v) is 5.68. The number of halogens is 2. The van der Waals surface area contributed by atoms with E-state index in [-0.39, 0.29) is 10.6 Å². The Morgan fingerprint density at radius 3 is 2.72 bits per heavy atom. The lowest BCUT2D eigenvalue weighted by Crippen LogP contribution is -2.28. The first-order chi connectivity index (χ1) is 8.49. The molecule has 0 heterocycles. The van der Waals surface area contributed by atoms with Crippen molar-refractivity contribution in [3.05, 3.63) is 29.8 Å². The fraction of sp³-hybridized carbons (Fsp3) is 0.200. The molecule has 1 rings (SSSR count).